The van der Waals surface area contributed by atoms with Crippen molar-refractivity contribution in [2.75, 3.05) is 20.3 Å². The predicted octanol–water partition coefficient (Wildman–Crippen LogP) is 6.09. The molecule has 1 aliphatic rings. The van der Waals surface area contributed by atoms with Crippen LogP contribution in [0.1, 0.15) is 49.8 Å². The molecule has 0 fully saturated rings. The van der Waals surface area contributed by atoms with E-state index in [1.54, 1.807) is 24.3 Å². The van der Waals surface area contributed by atoms with E-state index in [9.17, 15) is 14.0 Å². The van der Waals surface area contributed by atoms with E-state index in [0.29, 0.717) is 24.2 Å². The fraction of sp³-hybridized carbons (Fsp3) is 0.417. The highest BCUT2D eigenvalue weighted by Gasteiger charge is 2.56. The average molecular weight is 543 g/mol. The summed E-state index contributed by atoms with van der Waals surface area (Å²) in [4.78, 5) is 25.4. The molecule has 0 spiro atoms. The van der Waals surface area contributed by atoms with E-state index in [-0.39, 0.29) is 34.0 Å². The zero-order valence-electron chi connectivity index (χ0n) is 18.5. The van der Waals surface area contributed by atoms with Crippen LogP contribution in [0.5, 0.6) is 5.75 Å². The molecule has 2 aromatic carbocycles. The molecule has 2 aromatic rings. The molecule has 0 aliphatic carbocycles. The first-order chi connectivity index (χ1) is 15.9. The van der Waals surface area contributed by atoms with Gasteiger partial charge in [-0.15, -0.1) is 0 Å². The second-order valence-corrected chi connectivity index (χ2v) is 8.83. The van der Waals surface area contributed by atoms with E-state index in [1.165, 1.54) is 13.2 Å². The van der Waals surface area contributed by atoms with Crippen molar-refractivity contribution in [3.05, 3.63) is 62.8 Å². The number of hydrogen-bond acceptors (Lipinski definition) is 5. The van der Waals surface area contributed by atoms with Crippen LogP contribution in [0.4, 0.5) is 9.18 Å². The number of amides is 1. The van der Waals surface area contributed by atoms with E-state index >= 15 is 0 Å². The third-order valence-corrected chi connectivity index (χ3v) is 6.92. The SMILES string of the molecule is CCCCOC(=O)NCCCC(=O)[C@]1(c2ccccc2)Oc2cc(F)c(Cl)c(Br)c2[C@@H]1OC. The van der Waals surface area contributed by atoms with Crippen molar-refractivity contribution in [1.29, 1.82) is 0 Å². The van der Waals surface area contributed by atoms with Gasteiger partial charge in [-0.3, -0.25) is 4.79 Å². The molecule has 0 radical (unpaired) electrons. The van der Waals surface area contributed by atoms with Crippen LogP contribution in [-0.2, 0) is 19.9 Å². The molecule has 0 saturated heterocycles. The zero-order valence-corrected chi connectivity index (χ0v) is 20.8. The molecule has 0 saturated carbocycles. The molecule has 0 bridgehead atoms. The van der Waals surface area contributed by atoms with Crippen LogP contribution in [0.25, 0.3) is 0 Å². The van der Waals surface area contributed by atoms with Crippen molar-refractivity contribution in [3.8, 4) is 5.75 Å². The van der Waals surface area contributed by atoms with Gasteiger partial charge in [0.15, 0.2) is 5.78 Å². The van der Waals surface area contributed by atoms with E-state index < -0.39 is 23.6 Å². The Morgan fingerprint density at radius 3 is 2.67 bits per heavy atom. The van der Waals surface area contributed by atoms with Gasteiger partial charge in [0.2, 0.25) is 5.60 Å². The number of benzene rings is 2. The van der Waals surface area contributed by atoms with Crippen molar-refractivity contribution < 1.29 is 28.2 Å². The van der Waals surface area contributed by atoms with Gasteiger partial charge in [0.25, 0.3) is 0 Å². The molecule has 33 heavy (non-hydrogen) atoms. The first kappa shape index (κ1) is 25.5. The van der Waals surface area contributed by atoms with Gasteiger partial charge in [0.1, 0.15) is 17.7 Å². The lowest BCUT2D eigenvalue weighted by Crippen LogP contribution is -2.44. The number of fused-ring (bicyclic) bond motifs is 1. The Balaban J connectivity index is 1.83. The van der Waals surface area contributed by atoms with Gasteiger partial charge in [-0.2, -0.15) is 0 Å². The Morgan fingerprint density at radius 2 is 2.00 bits per heavy atom. The van der Waals surface area contributed by atoms with Gasteiger partial charge in [-0.05, 0) is 28.8 Å². The Bertz CT molecular complexity index is 1010. The van der Waals surface area contributed by atoms with Crippen molar-refractivity contribution in [2.24, 2.45) is 0 Å². The van der Waals surface area contributed by atoms with Crippen LogP contribution >= 0.6 is 27.5 Å². The maximum atomic E-state index is 14.3. The lowest BCUT2D eigenvalue weighted by atomic mass is 9.81. The van der Waals surface area contributed by atoms with Crippen LogP contribution in [0.3, 0.4) is 0 Å². The first-order valence-electron chi connectivity index (χ1n) is 10.7. The maximum Gasteiger partial charge on any atom is 0.407 e. The molecular weight excluding hydrogens is 517 g/mol. The normalized spacial score (nSPS) is 19.0. The number of ketones is 1. The standard InChI is InChI=1S/C24H26BrClFNO5/c1-3-4-13-32-23(30)28-12-8-11-18(29)24(15-9-6-5-7-10-15)22(31-2)19-17(33-24)14-16(27)21(26)20(19)25/h5-7,9-10,14,22H,3-4,8,11-13H2,1-2H3,(H,28,30)/t22-,24-/m0/s1. The largest absolute Gasteiger partial charge is 0.471 e. The second kappa shape index (κ2) is 11.3. The fourth-order valence-electron chi connectivity index (χ4n) is 3.88. The molecule has 0 unspecified atom stereocenters. The van der Waals surface area contributed by atoms with Gasteiger partial charge >= 0.3 is 6.09 Å². The lowest BCUT2D eigenvalue weighted by molar-refractivity contribution is -0.146. The third-order valence-electron chi connectivity index (χ3n) is 5.50. The summed E-state index contributed by atoms with van der Waals surface area (Å²) in [6.45, 7) is 2.62. The topological polar surface area (TPSA) is 73.9 Å². The van der Waals surface area contributed by atoms with E-state index in [4.69, 9.17) is 25.8 Å². The second-order valence-electron chi connectivity index (χ2n) is 7.66. The number of Topliss-reactive ketones (excluding diaryl/α,β-unsaturated/α-hetero) is 1. The van der Waals surface area contributed by atoms with Crippen LogP contribution < -0.4 is 10.1 Å². The highest BCUT2D eigenvalue weighted by molar-refractivity contribution is 9.10. The summed E-state index contributed by atoms with van der Waals surface area (Å²) >= 11 is 9.45. The van der Waals surface area contributed by atoms with Crippen LogP contribution in [0, 0.1) is 5.82 Å². The number of carbonyl (C=O) groups is 2. The smallest absolute Gasteiger partial charge is 0.407 e. The van der Waals surface area contributed by atoms with Gasteiger partial charge in [-0.25, -0.2) is 9.18 Å². The highest BCUT2D eigenvalue weighted by Crippen LogP contribution is 2.55. The number of unbranched alkanes of at least 4 members (excludes halogenated alkanes) is 1. The number of alkyl carbamates (subject to hydrolysis) is 1. The first-order valence-corrected chi connectivity index (χ1v) is 11.9. The predicted molar refractivity (Wildman–Crippen MR) is 126 cm³/mol. The molecule has 0 aromatic heterocycles. The summed E-state index contributed by atoms with van der Waals surface area (Å²) in [6.07, 6.45) is 0.803. The molecule has 9 heteroatoms. The van der Waals surface area contributed by atoms with Gasteiger partial charge < -0.3 is 19.5 Å². The molecule has 1 amide bonds. The van der Waals surface area contributed by atoms with Gasteiger partial charge in [0.05, 0.1) is 11.6 Å². The van der Waals surface area contributed by atoms with E-state index in [2.05, 4.69) is 21.2 Å². The zero-order chi connectivity index (χ0) is 24.0. The number of rotatable bonds is 10. The van der Waals surface area contributed by atoms with Crippen molar-refractivity contribution in [2.45, 2.75) is 44.3 Å². The molecule has 3 rings (SSSR count). The van der Waals surface area contributed by atoms with Crippen LogP contribution in [0.2, 0.25) is 5.02 Å². The molecule has 1 N–H and O–H groups in total. The van der Waals surface area contributed by atoms with Crippen molar-refractivity contribution in [3.63, 3.8) is 0 Å². The number of nitrogens with one attached hydrogen (secondary N) is 1. The quantitative estimate of drug-likeness (QED) is 0.290. The minimum Gasteiger partial charge on any atom is -0.471 e. The molecular formula is C24H26BrClFNO5. The molecule has 178 valence electrons. The Kier molecular flexibility index (Phi) is 8.73. The average Bonchev–Trinajstić information content (AvgIpc) is 3.16. The summed E-state index contributed by atoms with van der Waals surface area (Å²) in [5, 5.41) is 2.54. The summed E-state index contributed by atoms with van der Waals surface area (Å²) < 4.78 is 31.6. The third kappa shape index (κ3) is 5.18. The fourth-order valence-corrected chi connectivity index (χ4v) is 4.62. The summed E-state index contributed by atoms with van der Waals surface area (Å²) in [7, 11) is 1.46. The monoisotopic (exact) mass is 541 g/mol. The summed E-state index contributed by atoms with van der Waals surface area (Å²) in [5.74, 6) is -0.744. The summed E-state index contributed by atoms with van der Waals surface area (Å²) in [6, 6.07) is 10.1. The number of halogens is 3. The molecule has 2 atom stereocenters. The van der Waals surface area contributed by atoms with E-state index in [1.807, 2.05) is 13.0 Å². The lowest BCUT2D eigenvalue weighted by Gasteiger charge is -2.33. The number of methoxy groups -OCH3 is 1. The van der Waals surface area contributed by atoms with Gasteiger partial charge in [-0.1, -0.05) is 55.3 Å². The summed E-state index contributed by atoms with van der Waals surface area (Å²) in [5.41, 5.74) is -0.480. The molecule has 1 aliphatic heterocycles. The molecule has 6 nitrogen and oxygen atoms in total. The van der Waals surface area contributed by atoms with Gasteiger partial charge in [0, 0.05) is 41.7 Å². The molecule has 1 heterocycles. The van der Waals surface area contributed by atoms with Crippen LogP contribution in [-0.4, -0.2) is 32.1 Å². The minimum atomic E-state index is -1.53. The number of ether oxygens (including phenoxy) is 3. The maximum absolute atomic E-state index is 14.3. The van der Waals surface area contributed by atoms with Crippen molar-refractivity contribution >= 4 is 39.4 Å². The Hall–Kier alpha value is -2.16. The minimum absolute atomic E-state index is 0.0891. The van der Waals surface area contributed by atoms with E-state index in [0.717, 1.165) is 12.8 Å². The van der Waals surface area contributed by atoms with Crippen molar-refractivity contribution in [1.82, 2.24) is 5.32 Å². The van der Waals surface area contributed by atoms with Crippen LogP contribution in [0.15, 0.2) is 40.9 Å². The Labute approximate surface area is 205 Å². The highest BCUT2D eigenvalue weighted by atomic mass is 79.9. The number of hydrogen-bond donors (Lipinski definition) is 1. The Morgan fingerprint density at radius 1 is 1.27 bits per heavy atom. The number of carbonyl (C=O) groups excluding carboxylic acids is 2.